The lowest BCUT2D eigenvalue weighted by Gasteiger charge is -2.30. The number of hydrogen-bond donors (Lipinski definition) is 1. The highest BCUT2D eigenvalue weighted by molar-refractivity contribution is 4.73. The maximum Gasteiger partial charge on any atom is 0.0629 e. The van der Waals surface area contributed by atoms with Gasteiger partial charge >= 0.3 is 0 Å². The van der Waals surface area contributed by atoms with E-state index in [0.717, 1.165) is 45.7 Å². The van der Waals surface area contributed by atoms with E-state index < -0.39 is 5.60 Å². The molecule has 0 aromatic heterocycles. The molecule has 0 amide bonds. The number of rotatable bonds is 4. The van der Waals surface area contributed by atoms with Crippen LogP contribution >= 0.6 is 0 Å². The summed E-state index contributed by atoms with van der Waals surface area (Å²) >= 11 is 0. The van der Waals surface area contributed by atoms with Crippen LogP contribution in [0, 0.1) is 0 Å². The van der Waals surface area contributed by atoms with Gasteiger partial charge in [0.15, 0.2) is 0 Å². The molecule has 1 rings (SSSR count). The van der Waals surface area contributed by atoms with Crippen molar-refractivity contribution in [2.24, 2.45) is 0 Å². The Morgan fingerprint density at radius 2 is 2.00 bits per heavy atom. The van der Waals surface area contributed by atoms with Gasteiger partial charge in [0.1, 0.15) is 0 Å². The van der Waals surface area contributed by atoms with Crippen molar-refractivity contribution >= 4 is 0 Å². The van der Waals surface area contributed by atoms with E-state index in [0.29, 0.717) is 0 Å². The first-order valence-electron chi connectivity index (χ1n) is 5.16. The molecule has 1 unspecified atom stereocenters. The van der Waals surface area contributed by atoms with Crippen molar-refractivity contribution in [2.75, 3.05) is 32.8 Å². The van der Waals surface area contributed by atoms with Crippen molar-refractivity contribution < 1.29 is 9.84 Å². The van der Waals surface area contributed by atoms with Gasteiger partial charge in [0, 0.05) is 19.6 Å². The molecule has 0 aromatic rings. The maximum absolute atomic E-state index is 9.80. The standard InChI is InChI=1S/C10H21NO2/c1-3-10(2,12)4-5-11-6-8-13-9-7-11/h12H,3-9H2,1-2H3. The molecule has 78 valence electrons. The molecule has 13 heavy (non-hydrogen) atoms. The summed E-state index contributed by atoms with van der Waals surface area (Å²) in [6.45, 7) is 8.64. The van der Waals surface area contributed by atoms with Crippen molar-refractivity contribution in [3.63, 3.8) is 0 Å². The van der Waals surface area contributed by atoms with Crippen LogP contribution in [0.3, 0.4) is 0 Å². The Labute approximate surface area is 80.7 Å². The highest BCUT2D eigenvalue weighted by Gasteiger charge is 2.19. The monoisotopic (exact) mass is 187 g/mol. The highest BCUT2D eigenvalue weighted by Crippen LogP contribution is 2.14. The fourth-order valence-corrected chi connectivity index (χ4v) is 1.40. The number of aliphatic hydroxyl groups is 1. The van der Waals surface area contributed by atoms with E-state index in [1.54, 1.807) is 0 Å². The average Bonchev–Trinajstić information content (AvgIpc) is 2.17. The molecule has 1 heterocycles. The molecule has 3 heteroatoms. The number of nitrogens with zero attached hydrogens (tertiary/aromatic N) is 1. The second kappa shape index (κ2) is 4.94. The van der Waals surface area contributed by atoms with Gasteiger partial charge < -0.3 is 9.84 Å². The molecule has 1 aliphatic heterocycles. The predicted molar refractivity (Wildman–Crippen MR) is 52.8 cm³/mol. The lowest BCUT2D eigenvalue weighted by Crippen LogP contribution is -2.39. The molecule has 1 saturated heterocycles. The Kier molecular flexibility index (Phi) is 4.16. The van der Waals surface area contributed by atoms with E-state index in [2.05, 4.69) is 4.90 Å². The molecule has 1 atom stereocenters. The number of ether oxygens (including phenoxy) is 1. The molecular weight excluding hydrogens is 166 g/mol. The second-order valence-electron chi connectivity index (χ2n) is 4.05. The zero-order valence-electron chi connectivity index (χ0n) is 8.75. The molecule has 1 N–H and O–H groups in total. The molecule has 0 spiro atoms. The second-order valence-corrected chi connectivity index (χ2v) is 4.05. The van der Waals surface area contributed by atoms with Gasteiger partial charge in [-0.05, 0) is 19.8 Å². The average molecular weight is 187 g/mol. The van der Waals surface area contributed by atoms with Gasteiger partial charge in [-0.2, -0.15) is 0 Å². The van der Waals surface area contributed by atoms with E-state index in [-0.39, 0.29) is 0 Å². The van der Waals surface area contributed by atoms with E-state index in [1.807, 2.05) is 13.8 Å². The van der Waals surface area contributed by atoms with Crippen molar-refractivity contribution in [3.05, 3.63) is 0 Å². The van der Waals surface area contributed by atoms with Gasteiger partial charge in [-0.1, -0.05) is 6.92 Å². The SMILES string of the molecule is CCC(C)(O)CCN1CCOCC1. The van der Waals surface area contributed by atoms with Crippen molar-refractivity contribution in [3.8, 4) is 0 Å². The van der Waals surface area contributed by atoms with Crippen LogP contribution < -0.4 is 0 Å². The summed E-state index contributed by atoms with van der Waals surface area (Å²) < 4.78 is 5.25. The Morgan fingerprint density at radius 3 is 2.54 bits per heavy atom. The smallest absolute Gasteiger partial charge is 0.0629 e. The predicted octanol–water partition coefficient (Wildman–Crippen LogP) is 0.870. The third-order valence-corrected chi connectivity index (χ3v) is 2.83. The summed E-state index contributed by atoms with van der Waals surface area (Å²) in [5, 5.41) is 9.80. The van der Waals surface area contributed by atoms with E-state index >= 15 is 0 Å². The van der Waals surface area contributed by atoms with Crippen molar-refractivity contribution in [1.82, 2.24) is 4.90 Å². The molecule has 1 fully saturated rings. The summed E-state index contributed by atoms with van der Waals surface area (Å²) in [5.41, 5.74) is -0.488. The van der Waals surface area contributed by atoms with Gasteiger partial charge in [-0.25, -0.2) is 0 Å². The fourth-order valence-electron chi connectivity index (χ4n) is 1.40. The molecule has 0 aromatic carbocycles. The number of hydrogen-bond acceptors (Lipinski definition) is 3. The molecule has 0 radical (unpaired) electrons. The largest absolute Gasteiger partial charge is 0.390 e. The minimum atomic E-state index is -0.488. The van der Waals surface area contributed by atoms with Crippen LogP contribution in [0.15, 0.2) is 0 Å². The topological polar surface area (TPSA) is 32.7 Å². The molecule has 0 aliphatic carbocycles. The summed E-state index contributed by atoms with van der Waals surface area (Å²) in [6.07, 6.45) is 1.70. The summed E-state index contributed by atoms with van der Waals surface area (Å²) in [5.74, 6) is 0. The summed E-state index contributed by atoms with van der Waals surface area (Å²) in [6, 6.07) is 0. The lowest BCUT2D eigenvalue weighted by molar-refractivity contribution is 0.00598. The van der Waals surface area contributed by atoms with Crippen molar-refractivity contribution in [2.45, 2.75) is 32.3 Å². The highest BCUT2D eigenvalue weighted by atomic mass is 16.5. The molecule has 1 aliphatic rings. The summed E-state index contributed by atoms with van der Waals surface area (Å²) in [7, 11) is 0. The van der Waals surface area contributed by atoms with Gasteiger partial charge in [0.2, 0.25) is 0 Å². The molecule has 3 nitrogen and oxygen atoms in total. The first-order chi connectivity index (χ1) is 6.14. The van der Waals surface area contributed by atoms with Crippen LogP contribution in [0.1, 0.15) is 26.7 Å². The Morgan fingerprint density at radius 1 is 1.38 bits per heavy atom. The fraction of sp³-hybridized carbons (Fsp3) is 1.00. The minimum absolute atomic E-state index is 0.488. The van der Waals surface area contributed by atoms with Crippen LogP contribution in [0.25, 0.3) is 0 Å². The van der Waals surface area contributed by atoms with Crippen LogP contribution in [-0.2, 0) is 4.74 Å². The molecule has 0 saturated carbocycles. The van der Waals surface area contributed by atoms with Crippen molar-refractivity contribution in [1.29, 1.82) is 0 Å². The zero-order chi connectivity index (χ0) is 9.73. The van der Waals surface area contributed by atoms with E-state index in [4.69, 9.17) is 4.74 Å². The lowest BCUT2D eigenvalue weighted by atomic mass is 9.99. The maximum atomic E-state index is 9.80. The molecule has 0 bridgehead atoms. The van der Waals surface area contributed by atoms with Gasteiger partial charge in [-0.3, -0.25) is 4.90 Å². The molecular formula is C10H21NO2. The van der Waals surface area contributed by atoms with Gasteiger partial charge in [-0.15, -0.1) is 0 Å². The first kappa shape index (κ1) is 11.0. The van der Waals surface area contributed by atoms with Gasteiger partial charge in [0.05, 0.1) is 18.8 Å². The van der Waals surface area contributed by atoms with Crippen LogP contribution in [-0.4, -0.2) is 48.5 Å². The minimum Gasteiger partial charge on any atom is -0.390 e. The Balaban J connectivity index is 2.17. The zero-order valence-corrected chi connectivity index (χ0v) is 8.75. The summed E-state index contributed by atoms with van der Waals surface area (Å²) in [4.78, 5) is 2.35. The van der Waals surface area contributed by atoms with Crippen LogP contribution in [0.2, 0.25) is 0 Å². The van der Waals surface area contributed by atoms with Gasteiger partial charge in [0.25, 0.3) is 0 Å². The number of morpholine rings is 1. The Hall–Kier alpha value is -0.120. The third-order valence-electron chi connectivity index (χ3n) is 2.83. The quantitative estimate of drug-likeness (QED) is 0.709. The van der Waals surface area contributed by atoms with Crippen LogP contribution in [0.4, 0.5) is 0 Å². The van der Waals surface area contributed by atoms with Crippen LogP contribution in [0.5, 0.6) is 0 Å². The normalized spacial score (nSPS) is 24.2. The Bertz CT molecular complexity index is 142. The third kappa shape index (κ3) is 4.07. The van der Waals surface area contributed by atoms with E-state index in [9.17, 15) is 5.11 Å². The first-order valence-corrected chi connectivity index (χ1v) is 5.16. The van der Waals surface area contributed by atoms with E-state index in [1.165, 1.54) is 0 Å².